The van der Waals surface area contributed by atoms with Gasteiger partial charge in [0.15, 0.2) is 0 Å². The molecule has 0 radical (unpaired) electrons. The summed E-state index contributed by atoms with van der Waals surface area (Å²) in [6, 6.07) is 0. The zero-order chi connectivity index (χ0) is 18.5. The highest BCUT2D eigenvalue weighted by atomic mass is 32.1. The van der Waals surface area contributed by atoms with Crippen molar-refractivity contribution in [3.8, 4) is 0 Å². The summed E-state index contributed by atoms with van der Waals surface area (Å²) in [5.74, 6) is 2.95. The van der Waals surface area contributed by atoms with Crippen LogP contribution in [0.2, 0.25) is 0 Å². The monoisotopic (exact) mass is 378 g/mol. The maximum atomic E-state index is 10.1. The number of hydrogen-bond acceptors (Lipinski definition) is 3. The van der Waals surface area contributed by atoms with E-state index in [1.807, 2.05) is 6.92 Å². The van der Waals surface area contributed by atoms with Gasteiger partial charge in [-0.15, -0.1) is 0 Å². The Balaban J connectivity index is 1.52. The molecule has 0 amide bonds. The van der Waals surface area contributed by atoms with Crippen LogP contribution in [0.25, 0.3) is 0 Å². The maximum Gasteiger partial charge on any atom is 0.0577 e. The van der Waals surface area contributed by atoms with Crippen molar-refractivity contribution >= 4 is 12.6 Å². The van der Waals surface area contributed by atoms with Gasteiger partial charge in [0.05, 0.1) is 12.2 Å². The Hall–Kier alpha value is 0.01000. The lowest BCUT2D eigenvalue weighted by Crippen LogP contribution is -2.55. The number of allylic oxidation sites excluding steroid dienone is 1. The molecule has 148 valence electrons. The summed E-state index contributed by atoms with van der Waals surface area (Å²) >= 11 is 5.46. The molecule has 8 atom stereocenters. The molecule has 0 aromatic heterocycles. The summed E-state index contributed by atoms with van der Waals surface area (Å²) in [5.41, 5.74) is 1.99. The molecule has 0 heterocycles. The van der Waals surface area contributed by atoms with E-state index in [1.165, 1.54) is 38.5 Å². The molecule has 3 heteroatoms. The normalized spacial score (nSPS) is 49.0. The minimum atomic E-state index is -0.157. The molecule has 2 N–H and O–H groups in total. The topological polar surface area (TPSA) is 40.5 Å². The Bertz CT molecular complexity index is 558. The summed E-state index contributed by atoms with van der Waals surface area (Å²) < 4.78 is 0.169. The SMILES string of the molecule is CC(O)CCCC1CCC2C1(C)CCC1C3CCC(O)CC3=CCC12S. The van der Waals surface area contributed by atoms with Gasteiger partial charge in [-0.2, -0.15) is 12.6 Å². The number of aliphatic hydroxyl groups is 2. The maximum absolute atomic E-state index is 10.1. The molecular weight excluding hydrogens is 340 g/mol. The van der Waals surface area contributed by atoms with Gasteiger partial charge in [0, 0.05) is 4.75 Å². The molecule has 0 spiro atoms. The van der Waals surface area contributed by atoms with Gasteiger partial charge in [0.25, 0.3) is 0 Å². The van der Waals surface area contributed by atoms with Crippen LogP contribution < -0.4 is 0 Å². The van der Waals surface area contributed by atoms with E-state index in [1.54, 1.807) is 5.57 Å². The van der Waals surface area contributed by atoms with Crippen LogP contribution in [0.15, 0.2) is 11.6 Å². The zero-order valence-electron chi connectivity index (χ0n) is 16.7. The van der Waals surface area contributed by atoms with Crippen molar-refractivity contribution in [2.24, 2.45) is 29.1 Å². The van der Waals surface area contributed by atoms with E-state index in [-0.39, 0.29) is 17.0 Å². The Morgan fingerprint density at radius 3 is 2.81 bits per heavy atom. The first-order chi connectivity index (χ1) is 12.3. The van der Waals surface area contributed by atoms with E-state index in [9.17, 15) is 10.2 Å². The lowest BCUT2D eigenvalue weighted by Gasteiger charge is -2.59. The van der Waals surface area contributed by atoms with Crippen LogP contribution in [0, 0.1) is 29.1 Å². The highest BCUT2D eigenvalue weighted by molar-refractivity contribution is 7.81. The molecule has 26 heavy (non-hydrogen) atoms. The highest BCUT2D eigenvalue weighted by Crippen LogP contribution is 2.67. The van der Waals surface area contributed by atoms with Crippen molar-refractivity contribution in [3.63, 3.8) is 0 Å². The van der Waals surface area contributed by atoms with Crippen LogP contribution >= 0.6 is 12.6 Å². The third kappa shape index (κ3) is 3.10. The van der Waals surface area contributed by atoms with Gasteiger partial charge in [0.2, 0.25) is 0 Å². The lowest BCUT2D eigenvalue weighted by atomic mass is 9.51. The summed E-state index contributed by atoms with van der Waals surface area (Å²) in [6.07, 6.45) is 15.1. The molecule has 4 aliphatic rings. The first-order valence-corrected chi connectivity index (χ1v) is 11.6. The predicted octanol–water partition coefficient (Wildman–Crippen LogP) is 5.14. The standard InChI is InChI=1S/C23H38O2S/c1-15(24)4-3-5-17-6-9-21-22(17,2)12-11-20-19-8-7-18(25)14-16(19)10-13-23(20,21)26/h10,15,17-21,24-26H,3-9,11-14H2,1-2H3. The lowest BCUT2D eigenvalue weighted by molar-refractivity contribution is -0.000529. The first-order valence-electron chi connectivity index (χ1n) is 11.1. The van der Waals surface area contributed by atoms with Crippen LogP contribution in [0.3, 0.4) is 0 Å². The molecule has 4 aliphatic carbocycles. The van der Waals surface area contributed by atoms with Crippen molar-refractivity contribution in [1.82, 2.24) is 0 Å². The molecule has 0 aliphatic heterocycles. The number of rotatable bonds is 4. The van der Waals surface area contributed by atoms with Crippen molar-refractivity contribution in [2.75, 3.05) is 0 Å². The van der Waals surface area contributed by atoms with Crippen molar-refractivity contribution < 1.29 is 10.2 Å². The van der Waals surface area contributed by atoms with Gasteiger partial charge in [-0.1, -0.05) is 25.0 Å². The fourth-order valence-electron chi connectivity index (χ4n) is 7.53. The molecule has 3 fully saturated rings. The number of fused-ring (bicyclic) bond motifs is 5. The van der Waals surface area contributed by atoms with Gasteiger partial charge >= 0.3 is 0 Å². The van der Waals surface area contributed by atoms with Crippen LogP contribution in [-0.2, 0) is 0 Å². The minimum Gasteiger partial charge on any atom is -0.393 e. The molecule has 0 aromatic rings. The Morgan fingerprint density at radius 2 is 2.04 bits per heavy atom. The average Bonchev–Trinajstić information content (AvgIpc) is 2.92. The van der Waals surface area contributed by atoms with Gasteiger partial charge in [-0.25, -0.2) is 0 Å². The Labute approximate surface area is 165 Å². The van der Waals surface area contributed by atoms with Gasteiger partial charge < -0.3 is 10.2 Å². The van der Waals surface area contributed by atoms with Crippen molar-refractivity contribution in [2.45, 2.75) is 101 Å². The van der Waals surface area contributed by atoms with Gasteiger partial charge in [-0.05, 0) is 100 Å². The summed E-state index contributed by atoms with van der Waals surface area (Å²) in [7, 11) is 0. The molecule has 0 bridgehead atoms. The molecular formula is C23H38O2S. The van der Waals surface area contributed by atoms with Crippen molar-refractivity contribution in [1.29, 1.82) is 0 Å². The van der Waals surface area contributed by atoms with Crippen LogP contribution in [0.5, 0.6) is 0 Å². The molecule has 0 aromatic carbocycles. The minimum absolute atomic E-state index is 0.108. The van der Waals surface area contributed by atoms with E-state index in [2.05, 4.69) is 13.0 Å². The average molecular weight is 379 g/mol. The molecule has 3 saturated carbocycles. The number of aliphatic hydroxyl groups excluding tert-OH is 2. The molecule has 8 unspecified atom stereocenters. The third-order valence-electron chi connectivity index (χ3n) is 8.88. The summed E-state index contributed by atoms with van der Waals surface area (Å²) in [6.45, 7) is 4.48. The zero-order valence-corrected chi connectivity index (χ0v) is 17.6. The first kappa shape index (κ1) is 19.3. The summed E-state index contributed by atoms with van der Waals surface area (Å²) in [5, 5.41) is 19.7. The fraction of sp³-hybridized carbons (Fsp3) is 0.913. The second-order valence-electron chi connectivity index (χ2n) is 10.3. The van der Waals surface area contributed by atoms with E-state index in [0.717, 1.165) is 43.9 Å². The highest BCUT2D eigenvalue weighted by Gasteiger charge is 2.61. The van der Waals surface area contributed by atoms with Crippen LogP contribution in [-0.4, -0.2) is 27.2 Å². The number of thiol groups is 1. The largest absolute Gasteiger partial charge is 0.393 e. The number of hydrogen-bond donors (Lipinski definition) is 3. The van der Waals surface area contributed by atoms with Gasteiger partial charge in [0.1, 0.15) is 0 Å². The second kappa shape index (κ2) is 7.12. The van der Waals surface area contributed by atoms with Crippen LogP contribution in [0.4, 0.5) is 0 Å². The molecule has 4 rings (SSSR count). The third-order valence-corrected chi connectivity index (χ3v) is 9.71. The van der Waals surface area contributed by atoms with E-state index < -0.39 is 0 Å². The molecule has 0 saturated heterocycles. The van der Waals surface area contributed by atoms with Crippen LogP contribution in [0.1, 0.15) is 84.5 Å². The Morgan fingerprint density at radius 1 is 1.23 bits per heavy atom. The van der Waals surface area contributed by atoms with E-state index >= 15 is 0 Å². The fourth-order valence-corrected chi connectivity index (χ4v) is 8.36. The van der Waals surface area contributed by atoms with Gasteiger partial charge in [-0.3, -0.25) is 0 Å². The smallest absolute Gasteiger partial charge is 0.0577 e. The van der Waals surface area contributed by atoms with E-state index in [4.69, 9.17) is 12.6 Å². The predicted molar refractivity (Wildman–Crippen MR) is 110 cm³/mol. The summed E-state index contributed by atoms with van der Waals surface area (Å²) in [4.78, 5) is 0. The second-order valence-corrected chi connectivity index (χ2v) is 11.1. The van der Waals surface area contributed by atoms with Crippen molar-refractivity contribution in [3.05, 3.63) is 11.6 Å². The quantitative estimate of drug-likeness (QED) is 0.468. The Kier molecular flexibility index (Phi) is 5.29. The van der Waals surface area contributed by atoms with E-state index in [0.29, 0.717) is 17.3 Å². The molecule has 2 nitrogen and oxygen atoms in total.